The molecule has 1 aromatic heterocycles. The number of aliphatic hydroxyl groups excluding tert-OH is 1. The fourth-order valence-electron chi connectivity index (χ4n) is 3.94. The minimum absolute atomic E-state index is 0.0379. The molecule has 1 saturated heterocycles. The fourth-order valence-corrected chi connectivity index (χ4v) is 4.71. The van der Waals surface area contributed by atoms with Crippen LogP contribution in [0.15, 0.2) is 59.5 Å². The number of aliphatic hydroxyl groups is 1. The van der Waals surface area contributed by atoms with E-state index in [1.54, 1.807) is 24.3 Å². The lowest BCUT2D eigenvalue weighted by Gasteiger charge is -2.13. The molecule has 0 radical (unpaired) electrons. The molecule has 1 aliphatic rings. The number of β-amino-alcohol motifs (C(OH)–C–C–N with tert-alkyl or cyclic N) is 1. The molecule has 2 aromatic carbocycles. The van der Waals surface area contributed by atoms with E-state index in [-0.39, 0.29) is 30.1 Å². The number of rotatable bonds is 8. The van der Waals surface area contributed by atoms with Crippen LogP contribution in [0.25, 0.3) is 22.5 Å². The van der Waals surface area contributed by atoms with Crippen LogP contribution in [0.2, 0.25) is 0 Å². The first-order valence-corrected chi connectivity index (χ1v) is 12.4. The van der Waals surface area contributed by atoms with Crippen LogP contribution in [0, 0.1) is 5.82 Å². The summed E-state index contributed by atoms with van der Waals surface area (Å²) in [4.78, 5) is 27.6. The first-order valence-electron chi connectivity index (χ1n) is 10.9. The molecule has 184 valence electrons. The number of aromatic nitrogens is 1. The highest BCUT2D eigenvalue weighted by molar-refractivity contribution is 7.89. The molecule has 0 aliphatic carbocycles. The number of benzene rings is 2. The first-order chi connectivity index (χ1) is 16.7. The van der Waals surface area contributed by atoms with Gasteiger partial charge in [0.2, 0.25) is 21.8 Å². The van der Waals surface area contributed by atoms with Crippen LogP contribution in [0.3, 0.4) is 0 Å². The van der Waals surface area contributed by atoms with Gasteiger partial charge >= 0.3 is 0 Å². The molecule has 2 heterocycles. The van der Waals surface area contributed by atoms with Gasteiger partial charge in [0.25, 0.3) is 0 Å². The second kappa shape index (κ2) is 9.98. The molecule has 0 saturated carbocycles. The zero-order chi connectivity index (χ0) is 25.2. The third-order valence-corrected chi connectivity index (χ3v) is 7.26. The van der Waals surface area contributed by atoms with Crippen molar-refractivity contribution in [2.24, 2.45) is 0 Å². The number of carbonyl (C=O) groups is 2. The van der Waals surface area contributed by atoms with E-state index in [9.17, 15) is 27.5 Å². The van der Waals surface area contributed by atoms with Crippen molar-refractivity contribution in [3.63, 3.8) is 0 Å². The van der Waals surface area contributed by atoms with Crippen molar-refractivity contribution in [1.82, 2.24) is 20.3 Å². The number of sulfonamides is 1. The number of carbonyl (C=O) groups excluding carboxylic acids is 2. The van der Waals surface area contributed by atoms with Gasteiger partial charge in [0.05, 0.1) is 4.90 Å². The van der Waals surface area contributed by atoms with Gasteiger partial charge in [-0.15, -0.1) is 0 Å². The first kappa shape index (κ1) is 24.6. The van der Waals surface area contributed by atoms with E-state index in [2.05, 4.69) is 20.3 Å². The minimum Gasteiger partial charge on any atom is -0.389 e. The van der Waals surface area contributed by atoms with Crippen LogP contribution >= 0.6 is 0 Å². The Morgan fingerprint density at radius 2 is 1.89 bits per heavy atom. The van der Waals surface area contributed by atoms with E-state index in [1.165, 1.54) is 31.3 Å². The van der Waals surface area contributed by atoms with Crippen molar-refractivity contribution in [1.29, 1.82) is 0 Å². The number of H-pyrrole nitrogens is 1. The summed E-state index contributed by atoms with van der Waals surface area (Å²) in [6.07, 6.45) is -0.661. The lowest BCUT2D eigenvalue weighted by atomic mass is 10.0. The normalized spacial score (nSPS) is 17.9. The average Bonchev–Trinajstić information content (AvgIpc) is 3.42. The van der Waals surface area contributed by atoms with Gasteiger partial charge < -0.3 is 20.7 Å². The molecule has 2 atom stereocenters. The zero-order valence-corrected chi connectivity index (χ0v) is 19.7. The summed E-state index contributed by atoms with van der Waals surface area (Å²) < 4.78 is 40.2. The molecule has 2 amide bonds. The SMILES string of the molecule is CNS(=O)(=O)c1cccc(-c2cc(CCC(=O)N[C@@H]3C(=O)NC[C@H]3O)c(-c3ccc(F)cc3)[nH]2)c1. The summed E-state index contributed by atoms with van der Waals surface area (Å²) >= 11 is 0. The van der Waals surface area contributed by atoms with Gasteiger partial charge in [0, 0.05) is 24.4 Å². The highest BCUT2D eigenvalue weighted by Gasteiger charge is 2.34. The number of aromatic amines is 1. The van der Waals surface area contributed by atoms with Gasteiger partial charge in [-0.25, -0.2) is 17.5 Å². The number of amides is 2. The van der Waals surface area contributed by atoms with Crippen LogP contribution in [-0.2, 0) is 26.0 Å². The standard InChI is InChI=1S/C24H25FN4O5S/c1-26-35(33,34)18-4-2-3-15(11-18)19-12-16(22(28-19)14-5-8-17(25)9-6-14)7-10-21(31)29-23-20(30)13-27-24(23)32/h2-6,8-9,11-12,20,23,26,28,30H,7,10,13H2,1H3,(H,27,32)(H,29,31)/t20-,23+/m1/s1. The Hall–Kier alpha value is -3.54. The Morgan fingerprint density at radius 3 is 2.54 bits per heavy atom. The number of hydrogen-bond acceptors (Lipinski definition) is 5. The van der Waals surface area contributed by atoms with Crippen LogP contribution in [0.5, 0.6) is 0 Å². The van der Waals surface area contributed by atoms with Crippen molar-refractivity contribution in [2.75, 3.05) is 13.6 Å². The predicted molar refractivity (Wildman–Crippen MR) is 127 cm³/mol. The van der Waals surface area contributed by atoms with Gasteiger partial charge in [0.1, 0.15) is 18.0 Å². The number of hydrogen-bond donors (Lipinski definition) is 5. The molecule has 4 rings (SSSR count). The molecular formula is C24H25FN4O5S. The molecule has 3 aromatic rings. The maximum atomic E-state index is 13.5. The van der Waals surface area contributed by atoms with Gasteiger partial charge in [-0.2, -0.15) is 0 Å². The van der Waals surface area contributed by atoms with E-state index in [1.807, 2.05) is 6.07 Å². The average molecular weight is 501 g/mol. The maximum absolute atomic E-state index is 13.5. The minimum atomic E-state index is -3.64. The molecule has 1 aliphatic heterocycles. The monoisotopic (exact) mass is 500 g/mol. The third kappa shape index (κ3) is 5.42. The van der Waals surface area contributed by atoms with Crippen molar-refractivity contribution in [3.8, 4) is 22.5 Å². The highest BCUT2D eigenvalue weighted by Crippen LogP contribution is 2.31. The van der Waals surface area contributed by atoms with Crippen LogP contribution in [-0.4, -0.2) is 56.1 Å². The van der Waals surface area contributed by atoms with Gasteiger partial charge in [-0.3, -0.25) is 9.59 Å². The molecule has 35 heavy (non-hydrogen) atoms. The van der Waals surface area contributed by atoms with Crippen molar-refractivity contribution < 1.29 is 27.5 Å². The molecule has 11 heteroatoms. The molecule has 5 N–H and O–H groups in total. The van der Waals surface area contributed by atoms with Crippen LogP contribution in [0.4, 0.5) is 4.39 Å². The summed E-state index contributed by atoms with van der Waals surface area (Å²) in [5.41, 5.74) is 3.34. The summed E-state index contributed by atoms with van der Waals surface area (Å²) in [6, 6.07) is 13.1. The number of aryl methyl sites for hydroxylation is 1. The Balaban J connectivity index is 1.62. The summed E-state index contributed by atoms with van der Waals surface area (Å²) in [7, 11) is -2.31. The summed E-state index contributed by atoms with van der Waals surface area (Å²) in [6.45, 7) is 0.0853. The van der Waals surface area contributed by atoms with E-state index in [4.69, 9.17) is 0 Å². The summed E-state index contributed by atoms with van der Waals surface area (Å²) in [5, 5.41) is 14.9. The number of nitrogens with one attached hydrogen (secondary N) is 4. The Kier molecular flexibility index (Phi) is 7.01. The fraction of sp³-hybridized carbons (Fsp3) is 0.250. The van der Waals surface area contributed by atoms with Crippen molar-refractivity contribution in [2.45, 2.75) is 29.9 Å². The molecule has 1 fully saturated rings. The zero-order valence-electron chi connectivity index (χ0n) is 18.8. The topological polar surface area (TPSA) is 140 Å². The number of halogens is 1. The van der Waals surface area contributed by atoms with Crippen molar-refractivity contribution in [3.05, 3.63) is 66.0 Å². The predicted octanol–water partition coefficient (Wildman–Crippen LogP) is 1.30. The van der Waals surface area contributed by atoms with Gasteiger partial charge in [-0.1, -0.05) is 12.1 Å². The van der Waals surface area contributed by atoms with E-state index in [0.717, 1.165) is 5.56 Å². The maximum Gasteiger partial charge on any atom is 0.245 e. The Morgan fingerprint density at radius 1 is 1.14 bits per heavy atom. The lowest BCUT2D eigenvalue weighted by Crippen LogP contribution is -2.45. The van der Waals surface area contributed by atoms with Crippen LogP contribution in [0.1, 0.15) is 12.0 Å². The van der Waals surface area contributed by atoms with Gasteiger partial charge in [-0.05, 0) is 72.6 Å². The Labute approximate surface area is 201 Å². The van der Waals surface area contributed by atoms with Crippen LogP contribution < -0.4 is 15.4 Å². The lowest BCUT2D eigenvalue weighted by molar-refractivity contribution is -0.128. The van der Waals surface area contributed by atoms with E-state index in [0.29, 0.717) is 22.5 Å². The largest absolute Gasteiger partial charge is 0.389 e. The van der Waals surface area contributed by atoms with E-state index < -0.39 is 34.0 Å². The quantitative estimate of drug-likeness (QED) is 0.317. The molecule has 9 nitrogen and oxygen atoms in total. The highest BCUT2D eigenvalue weighted by atomic mass is 32.2. The summed E-state index contributed by atoms with van der Waals surface area (Å²) in [5.74, 6) is -1.22. The van der Waals surface area contributed by atoms with Crippen molar-refractivity contribution >= 4 is 21.8 Å². The molecule has 0 unspecified atom stereocenters. The molecular weight excluding hydrogens is 475 g/mol. The molecule has 0 bridgehead atoms. The van der Waals surface area contributed by atoms with Gasteiger partial charge in [0.15, 0.2) is 0 Å². The van der Waals surface area contributed by atoms with E-state index >= 15 is 0 Å². The second-order valence-electron chi connectivity index (χ2n) is 8.18. The smallest absolute Gasteiger partial charge is 0.245 e. The molecule has 0 spiro atoms. The Bertz CT molecular complexity index is 1350. The second-order valence-corrected chi connectivity index (χ2v) is 10.1. The third-order valence-electron chi connectivity index (χ3n) is 5.85.